The van der Waals surface area contributed by atoms with Crippen LogP contribution < -0.4 is 5.32 Å². The molecule has 1 unspecified atom stereocenters. The Labute approximate surface area is 130 Å². The first kappa shape index (κ1) is 15.5. The Kier molecular flexibility index (Phi) is 5.62. The monoisotopic (exact) mass is 333 g/mol. The summed E-state index contributed by atoms with van der Waals surface area (Å²) in [6, 6.07) is 13.7. The van der Waals surface area contributed by atoms with Crippen LogP contribution in [0.5, 0.6) is 0 Å². The topological polar surface area (TPSA) is 12.0 Å². The van der Waals surface area contributed by atoms with Crippen LogP contribution in [0.1, 0.15) is 44.7 Å². The van der Waals surface area contributed by atoms with E-state index in [1.165, 1.54) is 35.6 Å². The zero-order valence-electron chi connectivity index (χ0n) is 12.6. The lowest BCUT2D eigenvalue weighted by Gasteiger charge is -2.18. The van der Waals surface area contributed by atoms with E-state index in [1.807, 2.05) is 0 Å². The molecule has 1 N–H and O–H groups in total. The molecule has 108 valence electrons. The molecule has 0 aliphatic heterocycles. The van der Waals surface area contributed by atoms with E-state index >= 15 is 0 Å². The quantitative estimate of drug-likeness (QED) is 0.716. The molecule has 0 fully saturated rings. The number of fused-ring (bicyclic) bond motifs is 1. The fourth-order valence-electron chi connectivity index (χ4n) is 2.66. The first-order valence-corrected chi connectivity index (χ1v) is 8.26. The van der Waals surface area contributed by atoms with Gasteiger partial charge >= 0.3 is 0 Å². The molecule has 0 aliphatic carbocycles. The highest BCUT2D eigenvalue weighted by molar-refractivity contribution is 9.10. The Morgan fingerprint density at radius 2 is 1.70 bits per heavy atom. The van der Waals surface area contributed by atoms with Crippen LogP contribution >= 0.6 is 15.9 Å². The van der Waals surface area contributed by atoms with E-state index in [0.717, 1.165) is 10.4 Å². The number of nitrogens with one attached hydrogen (secondary N) is 1. The molecule has 0 saturated carbocycles. The second-order valence-corrected chi connectivity index (χ2v) is 6.83. The Morgan fingerprint density at radius 1 is 1.00 bits per heavy atom. The zero-order chi connectivity index (χ0) is 14.5. The molecule has 0 aromatic heterocycles. The third kappa shape index (κ3) is 4.07. The van der Waals surface area contributed by atoms with Gasteiger partial charge in [-0.05, 0) is 53.9 Å². The summed E-state index contributed by atoms with van der Waals surface area (Å²) < 4.78 is 1.14. The predicted molar refractivity (Wildman–Crippen MR) is 92.1 cm³/mol. The van der Waals surface area contributed by atoms with Crippen LogP contribution in [0.25, 0.3) is 10.8 Å². The lowest BCUT2D eigenvalue weighted by molar-refractivity contribution is 0.471. The second kappa shape index (κ2) is 7.24. The molecule has 20 heavy (non-hydrogen) atoms. The van der Waals surface area contributed by atoms with Crippen LogP contribution in [0.2, 0.25) is 0 Å². The molecule has 0 amide bonds. The maximum Gasteiger partial charge on any atom is 0.0317 e. The van der Waals surface area contributed by atoms with E-state index in [0.29, 0.717) is 6.04 Å². The van der Waals surface area contributed by atoms with E-state index < -0.39 is 0 Å². The molecule has 2 heteroatoms. The van der Waals surface area contributed by atoms with E-state index in [2.05, 4.69) is 78.5 Å². The summed E-state index contributed by atoms with van der Waals surface area (Å²) in [5, 5.41) is 6.07. The first-order chi connectivity index (χ1) is 9.60. The minimum Gasteiger partial charge on any atom is -0.313 e. The molecule has 2 rings (SSSR count). The van der Waals surface area contributed by atoms with Crippen LogP contribution in [-0.2, 0) is 0 Å². The molecule has 1 nitrogen and oxygen atoms in total. The molecule has 0 radical (unpaired) electrons. The minimum absolute atomic E-state index is 0.460. The standard InChI is InChI=1S/C18H24BrN/c1-13(2)5-4-6-18(20-3)16-8-7-15-12-17(19)10-9-14(15)11-16/h7-13,18,20H,4-6H2,1-3H3. The molecule has 1 atom stereocenters. The molecule has 0 spiro atoms. The number of rotatable bonds is 6. The van der Waals surface area contributed by atoms with E-state index in [9.17, 15) is 0 Å². The van der Waals surface area contributed by atoms with Gasteiger partial charge in [0.05, 0.1) is 0 Å². The summed E-state index contributed by atoms with van der Waals surface area (Å²) in [7, 11) is 2.06. The fraction of sp³-hybridized carbons (Fsp3) is 0.444. The van der Waals surface area contributed by atoms with Gasteiger partial charge in [-0.25, -0.2) is 0 Å². The molecule has 0 bridgehead atoms. The lowest BCUT2D eigenvalue weighted by Crippen LogP contribution is -2.16. The van der Waals surface area contributed by atoms with Crippen molar-refractivity contribution in [2.75, 3.05) is 7.05 Å². The summed E-state index contributed by atoms with van der Waals surface area (Å²) in [6.45, 7) is 4.59. The van der Waals surface area contributed by atoms with Crippen LogP contribution in [0.15, 0.2) is 40.9 Å². The summed E-state index contributed by atoms with van der Waals surface area (Å²) in [4.78, 5) is 0. The molecule has 2 aromatic carbocycles. The number of hydrogen-bond acceptors (Lipinski definition) is 1. The highest BCUT2D eigenvalue weighted by Gasteiger charge is 2.10. The number of halogens is 1. The Hall–Kier alpha value is -0.860. The highest BCUT2D eigenvalue weighted by atomic mass is 79.9. The van der Waals surface area contributed by atoms with Gasteiger partial charge in [0.15, 0.2) is 0 Å². The SMILES string of the molecule is CNC(CCCC(C)C)c1ccc2cc(Br)ccc2c1. The van der Waals surface area contributed by atoms with Gasteiger partial charge in [-0.3, -0.25) is 0 Å². The second-order valence-electron chi connectivity index (χ2n) is 5.92. The van der Waals surface area contributed by atoms with E-state index in [-0.39, 0.29) is 0 Å². The summed E-state index contributed by atoms with van der Waals surface area (Å²) in [5.41, 5.74) is 1.39. The van der Waals surface area contributed by atoms with Gasteiger partial charge < -0.3 is 5.32 Å². The van der Waals surface area contributed by atoms with Gasteiger partial charge in [0.2, 0.25) is 0 Å². The van der Waals surface area contributed by atoms with Gasteiger partial charge in [-0.1, -0.05) is 60.8 Å². The summed E-state index contributed by atoms with van der Waals surface area (Å²) in [6.07, 6.45) is 3.79. The van der Waals surface area contributed by atoms with Crippen molar-refractivity contribution in [1.29, 1.82) is 0 Å². The van der Waals surface area contributed by atoms with Crippen molar-refractivity contribution in [3.63, 3.8) is 0 Å². The molecular weight excluding hydrogens is 310 g/mol. The van der Waals surface area contributed by atoms with Gasteiger partial charge in [0.1, 0.15) is 0 Å². The van der Waals surface area contributed by atoms with Crippen LogP contribution in [-0.4, -0.2) is 7.05 Å². The smallest absolute Gasteiger partial charge is 0.0317 e. The summed E-state index contributed by atoms with van der Waals surface area (Å²) in [5.74, 6) is 0.793. The van der Waals surface area contributed by atoms with E-state index in [4.69, 9.17) is 0 Å². The van der Waals surface area contributed by atoms with Crippen molar-refractivity contribution >= 4 is 26.7 Å². The average Bonchev–Trinajstić information content (AvgIpc) is 2.43. The molecule has 0 aliphatic rings. The van der Waals surface area contributed by atoms with Crippen molar-refractivity contribution in [2.24, 2.45) is 5.92 Å². The number of hydrogen-bond donors (Lipinski definition) is 1. The third-order valence-electron chi connectivity index (χ3n) is 3.85. The first-order valence-electron chi connectivity index (χ1n) is 7.46. The Balaban J connectivity index is 2.15. The molecule has 2 aromatic rings. The van der Waals surface area contributed by atoms with Crippen LogP contribution in [0.3, 0.4) is 0 Å². The molecule has 0 saturated heterocycles. The van der Waals surface area contributed by atoms with Crippen molar-refractivity contribution in [1.82, 2.24) is 5.32 Å². The normalized spacial score (nSPS) is 13.1. The van der Waals surface area contributed by atoms with Crippen molar-refractivity contribution in [3.8, 4) is 0 Å². The molecule has 0 heterocycles. The van der Waals surface area contributed by atoms with Crippen molar-refractivity contribution < 1.29 is 0 Å². The average molecular weight is 334 g/mol. The van der Waals surface area contributed by atoms with Crippen LogP contribution in [0, 0.1) is 5.92 Å². The van der Waals surface area contributed by atoms with Crippen molar-refractivity contribution in [2.45, 2.75) is 39.2 Å². The zero-order valence-corrected chi connectivity index (χ0v) is 14.2. The maximum absolute atomic E-state index is 3.53. The lowest BCUT2D eigenvalue weighted by atomic mass is 9.96. The van der Waals surface area contributed by atoms with Gasteiger partial charge in [0, 0.05) is 10.5 Å². The van der Waals surface area contributed by atoms with Crippen molar-refractivity contribution in [3.05, 3.63) is 46.4 Å². The van der Waals surface area contributed by atoms with Gasteiger partial charge in [-0.2, -0.15) is 0 Å². The van der Waals surface area contributed by atoms with E-state index in [1.54, 1.807) is 0 Å². The van der Waals surface area contributed by atoms with Gasteiger partial charge in [0.25, 0.3) is 0 Å². The largest absolute Gasteiger partial charge is 0.313 e. The number of benzene rings is 2. The summed E-state index contributed by atoms with van der Waals surface area (Å²) >= 11 is 3.53. The Morgan fingerprint density at radius 3 is 2.40 bits per heavy atom. The molecular formula is C18H24BrN. The maximum atomic E-state index is 3.53. The Bertz CT molecular complexity index is 562. The fourth-order valence-corrected chi connectivity index (χ4v) is 3.04. The van der Waals surface area contributed by atoms with Crippen LogP contribution in [0.4, 0.5) is 0 Å². The minimum atomic E-state index is 0.460. The third-order valence-corrected chi connectivity index (χ3v) is 4.34. The highest BCUT2D eigenvalue weighted by Crippen LogP contribution is 2.26. The predicted octanol–water partition coefficient (Wildman–Crippen LogP) is 5.69. The van der Waals surface area contributed by atoms with Gasteiger partial charge in [-0.15, -0.1) is 0 Å².